The van der Waals surface area contributed by atoms with Crippen LogP contribution in [0, 0.1) is 0 Å². The molecule has 1 aliphatic carbocycles. The second-order valence-electron chi connectivity index (χ2n) is 9.60. The molecule has 1 saturated heterocycles. The van der Waals surface area contributed by atoms with Crippen molar-refractivity contribution in [1.29, 1.82) is 0 Å². The maximum absolute atomic E-state index is 12.9. The van der Waals surface area contributed by atoms with E-state index in [1.165, 1.54) is 36.0 Å². The Labute approximate surface area is 196 Å². The van der Waals surface area contributed by atoms with E-state index < -0.39 is 0 Å². The number of benzene rings is 2. The molecule has 3 aliphatic rings. The molecule has 2 aliphatic heterocycles. The largest absolute Gasteiger partial charge is 0.355 e. The summed E-state index contributed by atoms with van der Waals surface area (Å²) in [5.41, 5.74) is 5.63. The summed E-state index contributed by atoms with van der Waals surface area (Å²) in [6, 6.07) is 15.1. The molecule has 2 amide bonds. The van der Waals surface area contributed by atoms with Crippen molar-refractivity contribution in [3.05, 3.63) is 59.2 Å². The van der Waals surface area contributed by atoms with Crippen molar-refractivity contribution in [2.45, 2.75) is 38.3 Å². The third-order valence-corrected chi connectivity index (χ3v) is 7.62. The molecule has 0 radical (unpaired) electrons. The number of nitrogens with zero attached hydrogens (tertiary/aromatic N) is 3. The molecule has 0 unspecified atom stereocenters. The molecule has 2 aromatic carbocycles. The van der Waals surface area contributed by atoms with Crippen LogP contribution in [0.3, 0.4) is 0 Å². The second kappa shape index (κ2) is 9.65. The van der Waals surface area contributed by atoms with Gasteiger partial charge in [-0.05, 0) is 53.6 Å². The maximum atomic E-state index is 12.9. The molecule has 2 aromatic rings. The van der Waals surface area contributed by atoms with Crippen LogP contribution in [-0.4, -0.2) is 78.9 Å². The van der Waals surface area contributed by atoms with Crippen molar-refractivity contribution < 1.29 is 9.59 Å². The Bertz CT molecular complexity index is 1010. The number of hydrogen-bond donors (Lipinski definition) is 1. The summed E-state index contributed by atoms with van der Waals surface area (Å²) in [7, 11) is 1.65. The van der Waals surface area contributed by atoms with Gasteiger partial charge in [-0.3, -0.25) is 19.4 Å². The fraction of sp³-hybridized carbons (Fsp3) is 0.481. The van der Waals surface area contributed by atoms with E-state index in [2.05, 4.69) is 38.2 Å². The molecule has 6 nitrogen and oxygen atoms in total. The van der Waals surface area contributed by atoms with Gasteiger partial charge in [0.1, 0.15) is 0 Å². The van der Waals surface area contributed by atoms with Crippen LogP contribution in [0.4, 0.5) is 0 Å². The zero-order valence-corrected chi connectivity index (χ0v) is 19.6. The molecule has 2 fully saturated rings. The summed E-state index contributed by atoms with van der Waals surface area (Å²) in [6.07, 6.45) is 5.00. The van der Waals surface area contributed by atoms with Gasteiger partial charge in [-0.15, -0.1) is 0 Å². The highest BCUT2D eigenvalue weighted by atomic mass is 16.2. The molecule has 0 atom stereocenters. The number of piperazine rings is 1. The van der Waals surface area contributed by atoms with Gasteiger partial charge in [0.05, 0.1) is 6.54 Å². The molecule has 0 bridgehead atoms. The van der Waals surface area contributed by atoms with E-state index in [0.29, 0.717) is 12.1 Å². The van der Waals surface area contributed by atoms with E-state index >= 15 is 0 Å². The molecule has 1 saturated carbocycles. The normalized spacial score (nSPS) is 19.6. The maximum Gasteiger partial charge on any atom is 0.251 e. The van der Waals surface area contributed by atoms with E-state index in [9.17, 15) is 9.59 Å². The Morgan fingerprint density at radius 1 is 0.909 bits per heavy atom. The number of hydrogen-bond acceptors (Lipinski definition) is 4. The summed E-state index contributed by atoms with van der Waals surface area (Å²) >= 11 is 0. The molecular weight excluding hydrogens is 412 g/mol. The van der Waals surface area contributed by atoms with Crippen molar-refractivity contribution in [3.63, 3.8) is 0 Å². The Morgan fingerprint density at radius 3 is 2.30 bits per heavy atom. The van der Waals surface area contributed by atoms with Crippen molar-refractivity contribution in [2.24, 2.45) is 0 Å². The van der Waals surface area contributed by atoms with Crippen molar-refractivity contribution in [3.8, 4) is 11.1 Å². The minimum Gasteiger partial charge on any atom is -0.355 e. The Balaban J connectivity index is 1.17. The van der Waals surface area contributed by atoms with Crippen LogP contribution in [0.15, 0.2) is 42.5 Å². The summed E-state index contributed by atoms with van der Waals surface area (Å²) in [5.74, 6) is 0.210. The number of amides is 2. The lowest BCUT2D eigenvalue weighted by Crippen LogP contribution is -2.55. The fourth-order valence-electron chi connectivity index (χ4n) is 5.26. The third kappa shape index (κ3) is 4.82. The van der Waals surface area contributed by atoms with E-state index in [1.54, 1.807) is 7.05 Å². The topological polar surface area (TPSA) is 55.9 Å². The predicted molar refractivity (Wildman–Crippen MR) is 130 cm³/mol. The third-order valence-electron chi connectivity index (χ3n) is 7.62. The monoisotopic (exact) mass is 446 g/mol. The number of rotatable bonds is 5. The Morgan fingerprint density at radius 2 is 1.64 bits per heavy atom. The lowest BCUT2D eigenvalue weighted by atomic mass is 9.91. The predicted octanol–water partition coefficient (Wildman–Crippen LogP) is 2.77. The van der Waals surface area contributed by atoms with E-state index in [4.69, 9.17) is 0 Å². The van der Waals surface area contributed by atoms with Gasteiger partial charge < -0.3 is 10.2 Å². The lowest BCUT2D eigenvalue weighted by Gasteiger charge is -2.43. The smallest absolute Gasteiger partial charge is 0.251 e. The highest BCUT2D eigenvalue weighted by Gasteiger charge is 2.30. The summed E-state index contributed by atoms with van der Waals surface area (Å²) in [5, 5.41) is 2.66. The second-order valence-corrected chi connectivity index (χ2v) is 9.60. The van der Waals surface area contributed by atoms with Crippen LogP contribution in [0.5, 0.6) is 0 Å². The quantitative estimate of drug-likeness (QED) is 0.768. The number of carbonyl (C=O) groups is 2. The lowest BCUT2D eigenvalue weighted by molar-refractivity contribution is -0.135. The molecule has 5 rings (SSSR count). The highest BCUT2D eigenvalue weighted by molar-refractivity contribution is 5.94. The average Bonchev–Trinajstić information content (AvgIpc) is 2.82. The standard InChI is InChI=1S/C27H34N4O2/c1-28-27(33)21-7-5-20(6-8-21)22-9-10-24-18-29(12-11-23(24)17-22)19-26(32)31-15-13-30(14-16-31)25-3-2-4-25/h5-10,17,25H,2-4,11-16,18-19H2,1H3,(H,28,33). The molecule has 0 aromatic heterocycles. The summed E-state index contributed by atoms with van der Waals surface area (Å²) in [4.78, 5) is 31.6. The van der Waals surface area contributed by atoms with Crippen LogP contribution in [0.1, 0.15) is 40.7 Å². The minimum absolute atomic E-state index is 0.0677. The van der Waals surface area contributed by atoms with Crippen LogP contribution >= 0.6 is 0 Å². The molecule has 2 heterocycles. The van der Waals surface area contributed by atoms with Crippen molar-refractivity contribution in [1.82, 2.24) is 20.0 Å². The van der Waals surface area contributed by atoms with Gasteiger partial charge in [0.15, 0.2) is 0 Å². The first-order chi connectivity index (χ1) is 16.1. The zero-order chi connectivity index (χ0) is 22.8. The van der Waals surface area contributed by atoms with Gasteiger partial charge in [0.25, 0.3) is 5.91 Å². The molecule has 6 heteroatoms. The SMILES string of the molecule is CNC(=O)c1ccc(-c2ccc3c(c2)CCN(CC(=O)N2CCN(C4CCC4)CC2)C3)cc1. The number of nitrogens with one attached hydrogen (secondary N) is 1. The summed E-state index contributed by atoms with van der Waals surface area (Å²) < 4.78 is 0. The molecular formula is C27H34N4O2. The van der Waals surface area contributed by atoms with Crippen LogP contribution in [0.25, 0.3) is 11.1 Å². The molecule has 33 heavy (non-hydrogen) atoms. The molecule has 174 valence electrons. The van der Waals surface area contributed by atoms with Gasteiger partial charge in [-0.1, -0.05) is 36.8 Å². The first-order valence-electron chi connectivity index (χ1n) is 12.3. The van der Waals surface area contributed by atoms with Crippen LogP contribution in [0.2, 0.25) is 0 Å². The molecule has 0 spiro atoms. The van der Waals surface area contributed by atoms with Crippen LogP contribution in [-0.2, 0) is 17.8 Å². The van der Waals surface area contributed by atoms with Crippen molar-refractivity contribution >= 4 is 11.8 Å². The van der Waals surface area contributed by atoms with Gasteiger partial charge >= 0.3 is 0 Å². The van der Waals surface area contributed by atoms with Gasteiger partial charge in [-0.25, -0.2) is 0 Å². The van der Waals surface area contributed by atoms with Crippen molar-refractivity contribution in [2.75, 3.05) is 46.3 Å². The minimum atomic E-state index is -0.0677. The zero-order valence-electron chi connectivity index (χ0n) is 19.6. The van der Waals surface area contributed by atoms with E-state index in [0.717, 1.165) is 57.3 Å². The van der Waals surface area contributed by atoms with Gasteiger partial charge in [0.2, 0.25) is 5.91 Å². The fourth-order valence-corrected chi connectivity index (χ4v) is 5.26. The summed E-state index contributed by atoms with van der Waals surface area (Å²) in [6.45, 7) is 6.09. The van der Waals surface area contributed by atoms with Crippen LogP contribution < -0.4 is 5.32 Å². The average molecular weight is 447 g/mol. The van der Waals surface area contributed by atoms with Gasteiger partial charge in [-0.2, -0.15) is 0 Å². The Hall–Kier alpha value is -2.70. The van der Waals surface area contributed by atoms with E-state index in [-0.39, 0.29) is 11.8 Å². The number of fused-ring (bicyclic) bond motifs is 1. The first kappa shape index (κ1) is 22.1. The van der Waals surface area contributed by atoms with Gasteiger partial charge in [0, 0.05) is 57.9 Å². The van der Waals surface area contributed by atoms with E-state index in [1.807, 2.05) is 24.3 Å². The molecule has 1 N–H and O–H groups in total. The first-order valence-corrected chi connectivity index (χ1v) is 12.3. The number of carbonyl (C=O) groups excluding carboxylic acids is 2. The Kier molecular flexibility index (Phi) is 6.47. The highest BCUT2D eigenvalue weighted by Crippen LogP contribution is 2.27.